The molecule has 17 heavy (non-hydrogen) atoms. The van der Waals surface area contributed by atoms with E-state index in [1.54, 1.807) is 6.33 Å². The number of hydrogen-bond donors (Lipinski definition) is 2. The zero-order valence-electron chi connectivity index (χ0n) is 10.1. The third-order valence-corrected chi connectivity index (χ3v) is 3.84. The van der Waals surface area contributed by atoms with Crippen LogP contribution < -0.4 is 10.6 Å². The van der Waals surface area contributed by atoms with E-state index in [4.69, 9.17) is 5.73 Å². The van der Waals surface area contributed by atoms with Gasteiger partial charge in [0.1, 0.15) is 0 Å². The molecule has 0 radical (unpaired) electrons. The van der Waals surface area contributed by atoms with Crippen molar-refractivity contribution in [1.82, 2.24) is 9.97 Å². The van der Waals surface area contributed by atoms with Crippen LogP contribution in [0.2, 0.25) is 0 Å². The second-order valence-electron chi connectivity index (χ2n) is 4.88. The molecule has 2 aromatic rings. The van der Waals surface area contributed by atoms with Crippen LogP contribution in [0.25, 0.3) is 11.0 Å². The fourth-order valence-electron chi connectivity index (χ4n) is 2.78. The smallest absolute Gasteiger partial charge is 0.0931 e. The highest BCUT2D eigenvalue weighted by Gasteiger charge is 2.27. The number of fused-ring (bicyclic) bond motifs is 1. The fourth-order valence-corrected chi connectivity index (χ4v) is 2.78. The highest BCUT2D eigenvalue weighted by Crippen LogP contribution is 2.27. The molecule has 0 spiro atoms. The summed E-state index contributed by atoms with van der Waals surface area (Å²) >= 11 is 0. The first kappa shape index (κ1) is 10.6. The lowest BCUT2D eigenvalue weighted by atomic mass is 10.1. The number of likely N-dealkylation sites (N-methyl/N-ethyl adjacent to an activating group) is 1. The van der Waals surface area contributed by atoms with Crippen LogP contribution in [0.1, 0.15) is 19.3 Å². The van der Waals surface area contributed by atoms with E-state index in [0.717, 1.165) is 17.5 Å². The number of imidazole rings is 1. The monoisotopic (exact) mass is 230 g/mol. The van der Waals surface area contributed by atoms with Gasteiger partial charge in [0.2, 0.25) is 0 Å². The Morgan fingerprint density at radius 2 is 2.29 bits per heavy atom. The van der Waals surface area contributed by atoms with Gasteiger partial charge in [0.15, 0.2) is 0 Å². The van der Waals surface area contributed by atoms with Crippen LogP contribution in [0.3, 0.4) is 0 Å². The standard InChI is InChI=1S/C13H18N4/c1-17(13-4-2-3-10(13)14)9-5-6-11-12(7-9)16-8-15-11/h5-8,10,13H,2-4,14H2,1H3,(H,15,16). The number of benzene rings is 1. The van der Waals surface area contributed by atoms with Gasteiger partial charge in [0.05, 0.1) is 17.4 Å². The number of rotatable bonds is 2. The first-order valence-corrected chi connectivity index (χ1v) is 6.17. The van der Waals surface area contributed by atoms with Gasteiger partial charge in [-0.3, -0.25) is 0 Å². The molecule has 1 aromatic carbocycles. The number of aromatic nitrogens is 2. The van der Waals surface area contributed by atoms with E-state index in [9.17, 15) is 0 Å². The molecule has 4 nitrogen and oxygen atoms in total. The number of H-pyrrole nitrogens is 1. The molecule has 4 heteroatoms. The maximum absolute atomic E-state index is 6.15. The van der Waals surface area contributed by atoms with Gasteiger partial charge in [-0.25, -0.2) is 4.98 Å². The second kappa shape index (κ2) is 4.04. The lowest BCUT2D eigenvalue weighted by Crippen LogP contribution is -2.42. The SMILES string of the molecule is CN(c1ccc2nc[nH]c2c1)C1CCCC1N. The number of nitrogens with one attached hydrogen (secondary N) is 1. The van der Waals surface area contributed by atoms with Crippen LogP contribution in [0.15, 0.2) is 24.5 Å². The Morgan fingerprint density at radius 1 is 1.41 bits per heavy atom. The number of hydrogen-bond acceptors (Lipinski definition) is 3. The molecule has 1 aromatic heterocycles. The number of nitrogens with zero attached hydrogens (tertiary/aromatic N) is 2. The molecule has 1 heterocycles. The first-order valence-electron chi connectivity index (χ1n) is 6.17. The number of nitrogens with two attached hydrogens (primary N) is 1. The van der Waals surface area contributed by atoms with Crippen LogP contribution >= 0.6 is 0 Å². The largest absolute Gasteiger partial charge is 0.370 e. The zero-order valence-corrected chi connectivity index (χ0v) is 10.1. The Labute approximate surface area is 101 Å². The highest BCUT2D eigenvalue weighted by molar-refractivity contribution is 5.79. The number of aromatic amines is 1. The van der Waals surface area contributed by atoms with Crippen molar-refractivity contribution >= 4 is 16.7 Å². The Hall–Kier alpha value is -1.55. The quantitative estimate of drug-likeness (QED) is 0.828. The van der Waals surface area contributed by atoms with E-state index in [-0.39, 0.29) is 0 Å². The minimum absolute atomic E-state index is 0.303. The van der Waals surface area contributed by atoms with Gasteiger partial charge >= 0.3 is 0 Å². The fraction of sp³-hybridized carbons (Fsp3) is 0.462. The zero-order chi connectivity index (χ0) is 11.8. The van der Waals surface area contributed by atoms with Crippen molar-refractivity contribution in [2.45, 2.75) is 31.3 Å². The molecule has 0 aliphatic heterocycles. The van der Waals surface area contributed by atoms with E-state index in [1.807, 2.05) is 0 Å². The van der Waals surface area contributed by atoms with Crippen molar-refractivity contribution in [3.05, 3.63) is 24.5 Å². The van der Waals surface area contributed by atoms with E-state index < -0.39 is 0 Å². The Morgan fingerprint density at radius 3 is 3.06 bits per heavy atom. The average Bonchev–Trinajstić information content (AvgIpc) is 2.95. The van der Waals surface area contributed by atoms with Crippen molar-refractivity contribution in [3.63, 3.8) is 0 Å². The van der Waals surface area contributed by atoms with Crippen LogP contribution in [-0.4, -0.2) is 29.1 Å². The Balaban J connectivity index is 1.91. The molecule has 0 saturated heterocycles. The predicted octanol–water partition coefficient (Wildman–Crippen LogP) is 1.88. The third kappa shape index (κ3) is 1.78. The molecule has 0 bridgehead atoms. The van der Waals surface area contributed by atoms with Crippen LogP contribution in [0.4, 0.5) is 5.69 Å². The maximum atomic E-state index is 6.15. The molecular weight excluding hydrogens is 212 g/mol. The van der Waals surface area contributed by atoms with Crippen LogP contribution in [-0.2, 0) is 0 Å². The van der Waals surface area contributed by atoms with Gasteiger partial charge in [-0.1, -0.05) is 0 Å². The summed E-state index contributed by atoms with van der Waals surface area (Å²) in [5.41, 5.74) is 9.46. The van der Waals surface area contributed by atoms with Gasteiger partial charge in [-0.05, 0) is 37.5 Å². The molecular formula is C13H18N4. The highest BCUT2D eigenvalue weighted by atomic mass is 15.2. The molecule has 2 atom stereocenters. The number of anilines is 1. The molecule has 2 unspecified atom stereocenters. The van der Waals surface area contributed by atoms with Gasteiger partial charge in [0.25, 0.3) is 0 Å². The van der Waals surface area contributed by atoms with Gasteiger partial charge in [-0.2, -0.15) is 0 Å². The Kier molecular flexibility index (Phi) is 2.52. The topological polar surface area (TPSA) is 57.9 Å². The van der Waals surface area contributed by atoms with Crippen molar-refractivity contribution in [3.8, 4) is 0 Å². The molecule has 3 N–H and O–H groups in total. The summed E-state index contributed by atoms with van der Waals surface area (Å²) in [6, 6.07) is 7.09. The molecule has 90 valence electrons. The summed E-state index contributed by atoms with van der Waals surface area (Å²) in [4.78, 5) is 9.68. The van der Waals surface area contributed by atoms with Crippen molar-refractivity contribution in [1.29, 1.82) is 0 Å². The van der Waals surface area contributed by atoms with Gasteiger partial charge in [0, 0.05) is 24.8 Å². The first-order chi connectivity index (χ1) is 8.25. The molecule has 1 saturated carbocycles. The van der Waals surface area contributed by atoms with Crippen molar-refractivity contribution in [2.75, 3.05) is 11.9 Å². The summed E-state index contributed by atoms with van der Waals surface area (Å²) in [5.74, 6) is 0. The van der Waals surface area contributed by atoms with Crippen LogP contribution in [0, 0.1) is 0 Å². The van der Waals surface area contributed by atoms with E-state index in [2.05, 4.69) is 40.1 Å². The normalized spacial score (nSPS) is 24.4. The van der Waals surface area contributed by atoms with Gasteiger partial charge < -0.3 is 15.6 Å². The summed E-state index contributed by atoms with van der Waals surface area (Å²) in [6.45, 7) is 0. The third-order valence-electron chi connectivity index (χ3n) is 3.84. The Bertz CT molecular complexity index is 519. The lowest BCUT2D eigenvalue weighted by molar-refractivity contribution is 0.573. The minimum Gasteiger partial charge on any atom is -0.370 e. The van der Waals surface area contributed by atoms with E-state index in [1.165, 1.54) is 18.5 Å². The molecule has 0 amide bonds. The summed E-state index contributed by atoms with van der Waals surface area (Å²) in [7, 11) is 2.13. The second-order valence-corrected chi connectivity index (χ2v) is 4.88. The average molecular weight is 230 g/mol. The lowest BCUT2D eigenvalue weighted by Gasteiger charge is -2.29. The van der Waals surface area contributed by atoms with E-state index in [0.29, 0.717) is 12.1 Å². The summed E-state index contributed by atoms with van der Waals surface area (Å²) < 4.78 is 0. The predicted molar refractivity (Wildman–Crippen MR) is 70.1 cm³/mol. The summed E-state index contributed by atoms with van der Waals surface area (Å²) in [6.07, 6.45) is 5.30. The van der Waals surface area contributed by atoms with Crippen LogP contribution in [0.5, 0.6) is 0 Å². The molecule has 3 rings (SSSR count). The van der Waals surface area contributed by atoms with Gasteiger partial charge in [-0.15, -0.1) is 0 Å². The minimum atomic E-state index is 0.303. The van der Waals surface area contributed by atoms with Crippen molar-refractivity contribution in [2.24, 2.45) is 5.73 Å². The van der Waals surface area contributed by atoms with Crippen molar-refractivity contribution < 1.29 is 0 Å². The van der Waals surface area contributed by atoms with E-state index >= 15 is 0 Å². The maximum Gasteiger partial charge on any atom is 0.0931 e. The molecule has 1 aliphatic carbocycles. The molecule has 1 fully saturated rings. The summed E-state index contributed by atoms with van der Waals surface area (Å²) in [5, 5.41) is 0. The molecule has 1 aliphatic rings.